The zero-order valence-electron chi connectivity index (χ0n) is 9.03. The Kier molecular flexibility index (Phi) is 3.06. The number of halogens is 3. The van der Waals surface area contributed by atoms with E-state index >= 15 is 0 Å². The molecule has 1 aromatic carbocycles. The maximum absolute atomic E-state index is 12.0. The molecule has 0 spiro atoms. The van der Waals surface area contributed by atoms with Crippen molar-refractivity contribution in [1.29, 1.82) is 0 Å². The monoisotopic (exact) mass is 262 g/mol. The normalized spacial score (nSPS) is 15.3. The summed E-state index contributed by atoms with van der Waals surface area (Å²) in [5.41, 5.74) is -0.184. The van der Waals surface area contributed by atoms with Gasteiger partial charge in [-0.3, -0.25) is 0 Å². The van der Waals surface area contributed by atoms with Gasteiger partial charge in [-0.05, 0) is 25.0 Å². The zero-order chi connectivity index (χ0) is 13.3. The molecule has 0 bridgehead atoms. The molecule has 1 N–H and O–H groups in total. The maximum atomic E-state index is 12.0. The molecule has 4 nitrogen and oxygen atoms in total. The molecule has 7 heteroatoms. The second-order valence-electron chi connectivity index (χ2n) is 3.83. The summed E-state index contributed by atoms with van der Waals surface area (Å²) in [5.74, 6) is -1.86. The smallest absolute Gasteiger partial charge is 0.489 e. The zero-order valence-corrected chi connectivity index (χ0v) is 9.03. The summed E-state index contributed by atoms with van der Waals surface area (Å²) in [6.07, 6.45) is -3.40. The number of carboxylic acids is 1. The predicted molar refractivity (Wildman–Crippen MR) is 53.7 cm³/mol. The number of carbonyl (C=O) groups is 1. The molecule has 0 atom stereocenters. The second kappa shape index (κ2) is 4.40. The average molecular weight is 262 g/mol. The van der Waals surface area contributed by atoms with Crippen LogP contribution in [0.5, 0.6) is 11.5 Å². The molecule has 0 unspecified atom stereocenters. The van der Waals surface area contributed by atoms with Crippen molar-refractivity contribution in [2.75, 3.05) is 0 Å². The second-order valence-corrected chi connectivity index (χ2v) is 3.83. The highest BCUT2D eigenvalue weighted by Crippen LogP contribution is 2.33. The highest BCUT2D eigenvalue weighted by Gasteiger charge is 2.32. The minimum Gasteiger partial charge on any atom is -0.489 e. The van der Waals surface area contributed by atoms with Crippen LogP contribution >= 0.6 is 0 Å². The summed E-state index contributed by atoms with van der Waals surface area (Å²) in [6.45, 7) is 0. The fourth-order valence-electron chi connectivity index (χ4n) is 1.34. The van der Waals surface area contributed by atoms with E-state index in [0.717, 1.165) is 31.0 Å². The highest BCUT2D eigenvalue weighted by molar-refractivity contribution is 5.91. The minimum absolute atomic E-state index is 0.105. The first kappa shape index (κ1) is 12.5. The van der Waals surface area contributed by atoms with Crippen LogP contribution in [0.3, 0.4) is 0 Å². The van der Waals surface area contributed by atoms with Crippen LogP contribution < -0.4 is 9.47 Å². The fraction of sp³-hybridized carbons (Fsp3) is 0.364. The molecule has 0 amide bonds. The number of rotatable bonds is 4. The summed E-state index contributed by atoms with van der Waals surface area (Å²) < 4.78 is 45.0. The molecule has 1 saturated carbocycles. The van der Waals surface area contributed by atoms with Gasteiger partial charge in [-0.1, -0.05) is 0 Å². The highest BCUT2D eigenvalue weighted by atomic mass is 19.4. The van der Waals surface area contributed by atoms with Gasteiger partial charge in [0.1, 0.15) is 17.1 Å². The van der Waals surface area contributed by atoms with Gasteiger partial charge in [-0.25, -0.2) is 4.79 Å². The van der Waals surface area contributed by atoms with Crippen LogP contribution in [0, 0.1) is 0 Å². The van der Waals surface area contributed by atoms with Crippen molar-refractivity contribution in [2.45, 2.75) is 25.3 Å². The number of benzene rings is 1. The SMILES string of the molecule is O=C(O)c1ccc(OC(F)(F)F)cc1OC1CC1. The van der Waals surface area contributed by atoms with Crippen LogP contribution in [0.1, 0.15) is 23.2 Å². The van der Waals surface area contributed by atoms with E-state index < -0.39 is 18.1 Å². The van der Waals surface area contributed by atoms with Crippen LogP contribution in [0.25, 0.3) is 0 Å². The Balaban J connectivity index is 2.25. The number of hydrogen-bond donors (Lipinski definition) is 1. The summed E-state index contributed by atoms with van der Waals surface area (Å²) in [6, 6.07) is 2.91. The molecular formula is C11H9F3O4. The van der Waals surface area contributed by atoms with Gasteiger partial charge >= 0.3 is 12.3 Å². The number of carboxylic acid groups (broad SMARTS) is 1. The van der Waals surface area contributed by atoms with Gasteiger partial charge in [0.2, 0.25) is 0 Å². The maximum Gasteiger partial charge on any atom is 0.573 e. The molecule has 0 heterocycles. The first-order valence-electron chi connectivity index (χ1n) is 5.15. The minimum atomic E-state index is -4.82. The van der Waals surface area contributed by atoms with Crippen molar-refractivity contribution in [3.8, 4) is 11.5 Å². The van der Waals surface area contributed by atoms with Crippen molar-refractivity contribution in [2.24, 2.45) is 0 Å². The number of aromatic carboxylic acids is 1. The van der Waals surface area contributed by atoms with Gasteiger partial charge in [0.25, 0.3) is 0 Å². The van der Waals surface area contributed by atoms with Crippen LogP contribution in [0.2, 0.25) is 0 Å². The van der Waals surface area contributed by atoms with Gasteiger partial charge in [0.05, 0.1) is 6.10 Å². The van der Waals surface area contributed by atoms with E-state index in [4.69, 9.17) is 9.84 Å². The third-order valence-corrected chi connectivity index (χ3v) is 2.24. The lowest BCUT2D eigenvalue weighted by molar-refractivity contribution is -0.274. The Hall–Kier alpha value is -1.92. The van der Waals surface area contributed by atoms with E-state index in [9.17, 15) is 18.0 Å². The van der Waals surface area contributed by atoms with E-state index in [-0.39, 0.29) is 17.4 Å². The molecule has 1 aromatic rings. The van der Waals surface area contributed by atoms with E-state index in [1.165, 1.54) is 0 Å². The third-order valence-electron chi connectivity index (χ3n) is 2.24. The van der Waals surface area contributed by atoms with E-state index in [0.29, 0.717) is 0 Å². The molecule has 18 heavy (non-hydrogen) atoms. The van der Waals surface area contributed by atoms with Crippen molar-refractivity contribution < 1.29 is 32.5 Å². The van der Waals surface area contributed by atoms with Gasteiger partial charge in [0.15, 0.2) is 0 Å². The Morgan fingerprint density at radius 2 is 2.00 bits per heavy atom. The number of ether oxygens (including phenoxy) is 2. The molecule has 98 valence electrons. The summed E-state index contributed by atoms with van der Waals surface area (Å²) in [4.78, 5) is 10.9. The molecule has 0 radical (unpaired) electrons. The fourth-order valence-corrected chi connectivity index (χ4v) is 1.34. The number of alkyl halides is 3. The largest absolute Gasteiger partial charge is 0.573 e. The summed E-state index contributed by atoms with van der Waals surface area (Å²) in [7, 11) is 0. The topological polar surface area (TPSA) is 55.8 Å². The molecule has 0 saturated heterocycles. The first-order valence-corrected chi connectivity index (χ1v) is 5.15. The summed E-state index contributed by atoms with van der Waals surface area (Å²) in [5, 5.41) is 8.88. The lowest BCUT2D eigenvalue weighted by Crippen LogP contribution is -2.17. The number of hydrogen-bond acceptors (Lipinski definition) is 3. The first-order chi connectivity index (χ1) is 8.35. The lowest BCUT2D eigenvalue weighted by atomic mass is 10.2. The van der Waals surface area contributed by atoms with Crippen molar-refractivity contribution in [3.63, 3.8) is 0 Å². The van der Waals surface area contributed by atoms with E-state index in [1.54, 1.807) is 0 Å². The van der Waals surface area contributed by atoms with Crippen LogP contribution in [-0.4, -0.2) is 23.5 Å². The Morgan fingerprint density at radius 1 is 1.33 bits per heavy atom. The Bertz CT molecular complexity index is 466. The Labute approximate surface area is 99.9 Å². The lowest BCUT2D eigenvalue weighted by Gasteiger charge is -2.12. The van der Waals surface area contributed by atoms with Crippen molar-refractivity contribution >= 4 is 5.97 Å². The van der Waals surface area contributed by atoms with Crippen molar-refractivity contribution in [3.05, 3.63) is 23.8 Å². The van der Waals surface area contributed by atoms with Crippen LogP contribution in [0.15, 0.2) is 18.2 Å². The van der Waals surface area contributed by atoms with E-state index in [2.05, 4.69) is 4.74 Å². The van der Waals surface area contributed by atoms with Gasteiger partial charge < -0.3 is 14.6 Å². The van der Waals surface area contributed by atoms with Crippen LogP contribution in [-0.2, 0) is 0 Å². The molecule has 1 aliphatic carbocycles. The van der Waals surface area contributed by atoms with Gasteiger partial charge in [-0.15, -0.1) is 13.2 Å². The predicted octanol–water partition coefficient (Wildman–Crippen LogP) is 2.82. The quantitative estimate of drug-likeness (QED) is 0.906. The van der Waals surface area contributed by atoms with Crippen LogP contribution in [0.4, 0.5) is 13.2 Å². The standard InChI is InChI=1S/C11H9F3O4/c12-11(13,14)18-7-3-4-8(10(15)16)9(5-7)17-6-1-2-6/h3-6H,1-2H2,(H,15,16). The van der Waals surface area contributed by atoms with Gasteiger partial charge in [0, 0.05) is 6.07 Å². The van der Waals surface area contributed by atoms with Crippen molar-refractivity contribution in [1.82, 2.24) is 0 Å². The molecular weight excluding hydrogens is 253 g/mol. The third kappa shape index (κ3) is 3.28. The molecule has 2 rings (SSSR count). The van der Waals surface area contributed by atoms with Gasteiger partial charge in [-0.2, -0.15) is 0 Å². The average Bonchev–Trinajstić information content (AvgIpc) is 2.98. The summed E-state index contributed by atoms with van der Waals surface area (Å²) >= 11 is 0. The molecule has 1 aliphatic rings. The Morgan fingerprint density at radius 3 is 2.50 bits per heavy atom. The molecule has 0 aromatic heterocycles. The van der Waals surface area contributed by atoms with E-state index in [1.807, 2.05) is 0 Å². The molecule has 0 aliphatic heterocycles. The molecule has 1 fully saturated rings.